The number of nitrogens with two attached hydrogens (primary N) is 1. The van der Waals surface area contributed by atoms with Crippen LogP contribution >= 0.6 is 0 Å². The number of aromatic nitrogens is 3. The van der Waals surface area contributed by atoms with Crippen molar-refractivity contribution in [3.63, 3.8) is 0 Å². The first-order valence-electron chi connectivity index (χ1n) is 6.95. The Bertz CT molecular complexity index is 698. The van der Waals surface area contributed by atoms with Crippen molar-refractivity contribution in [1.29, 1.82) is 5.26 Å². The molecule has 1 aliphatic heterocycles. The van der Waals surface area contributed by atoms with Crippen molar-refractivity contribution in [2.24, 2.45) is 0 Å². The van der Waals surface area contributed by atoms with Crippen molar-refractivity contribution < 1.29 is 0 Å². The lowest BCUT2D eigenvalue weighted by molar-refractivity contribution is 0.263. The molecule has 0 aliphatic carbocycles. The third kappa shape index (κ3) is 2.85. The number of piperidine rings is 1. The molecule has 1 fully saturated rings. The molecule has 0 amide bonds. The number of rotatable bonds is 2. The number of hydrogen-bond acceptors (Lipinski definition) is 7. The number of likely N-dealkylation sites (tertiary alicyclic amines) is 1. The minimum absolute atomic E-state index is 0.325. The Hall–Kier alpha value is -2.46. The van der Waals surface area contributed by atoms with E-state index in [-0.39, 0.29) is 0 Å². The lowest BCUT2D eigenvalue weighted by atomic mass is 10.1. The van der Waals surface area contributed by atoms with E-state index >= 15 is 0 Å². The summed E-state index contributed by atoms with van der Waals surface area (Å²) in [4.78, 5) is 15.1. The van der Waals surface area contributed by atoms with Crippen LogP contribution in [0.1, 0.15) is 18.5 Å². The van der Waals surface area contributed by atoms with E-state index in [0.29, 0.717) is 34.5 Å². The van der Waals surface area contributed by atoms with E-state index in [2.05, 4.69) is 32.2 Å². The molecule has 108 valence electrons. The van der Waals surface area contributed by atoms with Crippen molar-refractivity contribution in [3.8, 4) is 6.07 Å². The standard InChI is InChI=1S/C14H17N7/c1-21-6-4-9(5-7-21)18-14-19-12(16)11-3-2-10(8-15)17-13(11)20-14/h2-3,9H,4-7H2,1H3,(H3,16,17,18,19,20). The monoisotopic (exact) mass is 283 g/mol. The molecule has 0 aromatic carbocycles. The summed E-state index contributed by atoms with van der Waals surface area (Å²) in [5.74, 6) is 0.865. The lowest BCUT2D eigenvalue weighted by Gasteiger charge is -2.29. The quantitative estimate of drug-likeness (QED) is 0.846. The van der Waals surface area contributed by atoms with Gasteiger partial charge >= 0.3 is 0 Å². The molecule has 7 nitrogen and oxygen atoms in total. The van der Waals surface area contributed by atoms with Crippen LogP contribution in [0.25, 0.3) is 11.0 Å². The second-order valence-corrected chi connectivity index (χ2v) is 5.33. The maximum atomic E-state index is 8.91. The van der Waals surface area contributed by atoms with Crippen LogP contribution in [-0.2, 0) is 0 Å². The van der Waals surface area contributed by atoms with Gasteiger partial charge in [0.2, 0.25) is 5.95 Å². The number of anilines is 2. The summed E-state index contributed by atoms with van der Waals surface area (Å²) < 4.78 is 0. The summed E-state index contributed by atoms with van der Waals surface area (Å²) in [5, 5.41) is 12.9. The highest BCUT2D eigenvalue weighted by atomic mass is 15.2. The molecular weight excluding hydrogens is 266 g/mol. The number of nitriles is 1. The Balaban J connectivity index is 1.87. The average Bonchev–Trinajstić information content (AvgIpc) is 2.49. The van der Waals surface area contributed by atoms with Crippen LogP contribution in [0, 0.1) is 11.3 Å². The van der Waals surface area contributed by atoms with Crippen LogP contribution in [0.15, 0.2) is 12.1 Å². The van der Waals surface area contributed by atoms with Crippen LogP contribution in [0.4, 0.5) is 11.8 Å². The van der Waals surface area contributed by atoms with Gasteiger partial charge in [-0.1, -0.05) is 0 Å². The molecule has 21 heavy (non-hydrogen) atoms. The van der Waals surface area contributed by atoms with Crippen molar-refractivity contribution in [2.45, 2.75) is 18.9 Å². The molecule has 2 aromatic rings. The third-order valence-corrected chi connectivity index (χ3v) is 3.76. The highest BCUT2D eigenvalue weighted by Crippen LogP contribution is 2.20. The van der Waals surface area contributed by atoms with Gasteiger partial charge in [-0.25, -0.2) is 4.98 Å². The number of hydrogen-bond donors (Lipinski definition) is 2. The normalized spacial score (nSPS) is 16.8. The molecule has 0 bridgehead atoms. The lowest BCUT2D eigenvalue weighted by Crippen LogP contribution is -2.37. The Morgan fingerprint density at radius 2 is 2.05 bits per heavy atom. The molecular formula is C14H17N7. The van der Waals surface area contributed by atoms with E-state index in [1.165, 1.54) is 0 Å². The van der Waals surface area contributed by atoms with Crippen molar-refractivity contribution in [2.75, 3.05) is 31.2 Å². The predicted octanol–water partition coefficient (Wildman–Crippen LogP) is 0.985. The molecule has 0 atom stereocenters. The number of nitrogen functional groups attached to an aromatic ring is 1. The van der Waals surface area contributed by atoms with E-state index in [4.69, 9.17) is 11.0 Å². The Labute approximate surface area is 122 Å². The molecule has 1 aliphatic rings. The molecule has 7 heteroatoms. The summed E-state index contributed by atoms with van der Waals surface area (Å²) in [6.45, 7) is 2.11. The van der Waals surface area contributed by atoms with Crippen LogP contribution in [0.2, 0.25) is 0 Å². The van der Waals surface area contributed by atoms with E-state index in [1.54, 1.807) is 12.1 Å². The van der Waals surface area contributed by atoms with Gasteiger partial charge in [-0.15, -0.1) is 0 Å². The van der Waals surface area contributed by atoms with Gasteiger partial charge in [0.05, 0.1) is 5.39 Å². The summed E-state index contributed by atoms with van der Waals surface area (Å²) in [5.41, 5.74) is 6.73. The van der Waals surface area contributed by atoms with Gasteiger partial charge in [0, 0.05) is 6.04 Å². The van der Waals surface area contributed by atoms with Gasteiger partial charge in [-0.3, -0.25) is 0 Å². The van der Waals surface area contributed by atoms with E-state index in [9.17, 15) is 0 Å². The first-order chi connectivity index (χ1) is 10.2. The first-order valence-corrected chi connectivity index (χ1v) is 6.95. The minimum atomic E-state index is 0.325. The smallest absolute Gasteiger partial charge is 0.226 e. The molecule has 0 radical (unpaired) electrons. The van der Waals surface area contributed by atoms with Crippen LogP contribution < -0.4 is 11.1 Å². The minimum Gasteiger partial charge on any atom is -0.383 e. The predicted molar refractivity (Wildman–Crippen MR) is 80.6 cm³/mol. The highest BCUT2D eigenvalue weighted by Gasteiger charge is 2.18. The molecule has 3 rings (SSSR count). The number of nitrogens with zero attached hydrogens (tertiary/aromatic N) is 5. The van der Waals surface area contributed by atoms with Gasteiger partial charge in [0.25, 0.3) is 0 Å². The Kier molecular flexibility index (Phi) is 3.54. The van der Waals surface area contributed by atoms with Gasteiger partial charge < -0.3 is 16.0 Å². The van der Waals surface area contributed by atoms with E-state index in [1.807, 2.05) is 6.07 Å². The van der Waals surface area contributed by atoms with Gasteiger partial charge in [0.1, 0.15) is 17.6 Å². The molecule has 2 aromatic heterocycles. The van der Waals surface area contributed by atoms with Gasteiger partial charge in [0.15, 0.2) is 5.65 Å². The fourth-order valence-corrected chi connectivity index (χ4v) is 2.50. The molecule has 1 saturated heterocycles. The third-order valence-electron chi connectivity index (χ3n) is 3.76. The van der Waals surface area contributed by atoms with Crippen molar-refractivity contribution >= 4 is 22.8 Å². The molecule has 0 saturated carbocycles. The molecule has 0 spiro atoms. The summed E-state index contributed by atoms with van der Waals surface area (Å²) >= 11 is 0. The SMILES string of the molecule is CN1CCC(Nc2nc(N)c3ccc(C#N)nc3n2)CC1. The summed E-state index contributed by atoms with van der Waals surface area (Å²) in [6, 6.07) is 5.70. The second kappa shape index (κ2) is 5.50. The zero-order chi connectivity index (χ0) is 14.8. The Morgan fingerprint density at radius 3 is 2.76 bits per heavy atom. The van der Waals surface area contributed by atoms with Crippen molar-refractivity contribution in [3.05, 3.63) is 17.8 Å². The van der Waals surface area contributed by atoms with Crippen LogP contribution in [-0.4, -0.2) is 46.0 Å². The molecule has 0 unspecified atom stereocenters. The van der Waals surface area contributed by atoms with Crippen LogP contribution in [0.5, 0.6) is 0 Å². The maximum absolute atomic E-state index is 8.91. The van der Waals surface area contributed by atoms with Crippen molar-refractivity contribution in [1.82, 2.24) is 19.9 Å². The average molecular weight is 283 g/mol. The van der Waals surface area contributed by atoms with Gasteiger partial charge in [-0.05, 0) is 45.1 Å². The fraction of sp³-hybridized carbons (Fsp3) is 0.429. The molecule has 3 N–H and O–H groups in total. The first kappa shape index (κ1) is 13.5. The Morgan fingerprint density at radius 1 is 1.29 bits per heavy atom. The summed E-state index contributed by atoms with van der Waals surface area (Å²) in [6.07, 6.45) is 2.09. The zero-order valence-electron chi connectivity index (χ0n) is 11.9. The number of fused-ring (bicyclic) bond motifs is 1. The highest BCUT2D eigenvalue weighted by molar-refractivity contribution is 5.86. The van der Waals surface area contributed by atoms with E-state index < -0.39 is 0 Å². The number of pyridine rings is 1. The maximum Gasteiger partial charge on any atom is 0.226 e. The van der Waals surface area contributed by atoms with Gasteiger partial charge in [-0.2, -0.15) is 15.2 Å². The molecule has 3 heterocycles. The summed E-state index contributed by atoms with van der Waals surface area (Å²) in [7, 11) is 2.12. The zero-order valence-corrected chi connectivity index (χ0v) is 11.9. The topological polar surface area (TPSA) is 104 Å². The van der Waals surface area contributed by atoms with Crippen LogP contribution in [0.3, 0.4) is 0 Å². The fourth-order valence-electron chi connectivity index (χ4n) is 2.50. The second-order valence-electron chi connectivity index (χ2n) is 5.33. The largest absolute Gasteiger partial charge is 0.383 e. The van der Waals surface area contributed by atoms with E-state index in [0.717, 1.165) is 25.9 Å². The number of nitrogens with one attached hydrogen (secondary N) is 1.